The van der Waals surface area contributed by atoms with Gasteiger partial charge in [-0.1, -0.05) is 29.8 Å². The first-order valence-corrected chi connectivity index (χ1v) is 12.8. The van der Waals surface area contributed by atoms with Gasteiger partial charge in [-0.3, -0.25) is 14.5 Å². The van der Waals surface area contributed by atoms with Crippen LogP contribution in [0.3, 0.4) is 0 Å². The van der Waals surface area contributed by atoms with Crippen molar-refractivity contribution in [2.24, 2.45) is 0 Å². The number of amides is 2. The molecule has 0 spiro atoms. The summed E-state index contributed by atoms with van der Waals surface area (Å²) in [4.78, 5) is 28.0. The van der Waals surface area contributed by atoms with Crippen LogP contribution < -0.4 is 10.6 Å². The van der Waals surface area contributed by atoms with Crippen LogP contribution in [0.25, 0.3) is 0 Å². The Balaban J connectivity index is 1.18. The van der Waals surface area contributed by atoms with Gasteiger partial charge in [-0.2, -0.15) is 0 Å². The molecule has 2 aromatic carbocycles. The first-order chi connectivity index (χ1) is 15.9. The van der Waals surface area contributed by atoms with Crippen molar-refractivity contribution in [1.82, 2.24) is 15.5 Å². The Morgan fingerprint density at radius 3 is 2.55 bits per heavy atom. The van der Waals surface area contributed by atoms with Crippen molar-refractivity contribution in [3.05, 3.63) is 65.2 Å². The summed E-state index contributed by atoms with van der Waals surface area (Å²) in [5.74, 6) is -0.394. The van der Waals surface area contributed by atoms with E-state index >= 15 is 0 Å². The minimum absolute atomic E-state index is 0.0190. The Morgan fingerprint density at radius 1 is 1.12 bits per heavy atom. The Bertz CT molecular complexity index is 998. The number of likely N-dealkylation sites (tertiary alicyclic amines) is 1. The Labute approximate surface area is 200 Å². The number of rotatable bonds is 7. The van der Waals surface area contributed by atoms with E-state index < -0.39 is 5.60 Å². The number of nitrogens with zero attached hydrogens (tertiary/aromatic N) is 1. The number of aliphatic hydroxyl groups is 1. The summed E-state index contributed by atoms with van der Waals surface area (Å²) >= 11 is 1.70. The number of benzene rings is 2. The van der Waals surface area contributed by atoms with Gasteiger partial charge in [0.25, 0.3) is 5.91 Å². The molecule has 7 heteroatoms. The normalized spacial score (nSPS) is 23.5. The van der Waals surface area contributed by atoms with Crippen LogP contribution >= 0.6 is 11.8 Å². The topological polar surface area (TPSA) is 81.7 Å². The molecule has 1 saturated heterocycles. The zero-order chi connectivity index (χ0) is 23.4. The standard InChI is InChI=1S/C26H33N3O3S/c1-18-5-3-6-19(13-18)25(31)27-15-24(30)28-21-16-29(17-21)22-9-11-26(32,12-10-22)20-7-4-8-23(14-20)33-2/h3-8,13-14,21-22,32H,9-12,15-17H2,1-2H3,(H,27,31)(H,28,30). The minimum Gasteiger partial charge on any atom is -0.385 e. The maximum absolute atomic E-state index is 12.2. The summed E-state index contributed by atoms with van der Waals surface area (Å²) in [7, 11) is 0. The van der Waals surface area contributed by atoms with E-state index in [4.69, 9.17) is 0 Å². The molecule has 2 amide bonds. The lowest BCUT2D eigenvalue weighted by Crippen LogP contribution is -2.63. The number of carbonyl (C=O) groups is 2. The molecular formula is C26H33N3O3S. The second-order valence-corrected chi connectivity index (χ2v) is 10.1. The molecule has 1 aliphatic heterocycles. The molecule has 0 aromatic heterocycles. The van der Waals surface area contributed by atoms with Crippen molar-refractivity contribution in [1.29, 1.82) is 0 Å². The van der Waals surface area contributed by atoms with Crippen LogP contribution in [-0.2, 0) is 10.4 Å². The van der Waals surface area contributed by atoms with E-state index in [2.05, 4.69) is 33.9 Å². The van der Waals surface area contributed by atoms with Gasteiger partial charge in [-0.05, 0) is 68.7 Å². The van der Waals surface area contributed by atoms with Crippen molar-refractivity contribution in [3.8, 4) is 0 Å². The highest BCUT2D eigenvalue weighted by Crippen LogP contribution is 2.40. The van der Waals surface area contributed by atoms with Gasteiger partial charge in [-0.15, -0.1) is 11.8 Å². The summed E-state index contributed by atoms with van der Waals surface area (Å²) in [5, 5.41) is 16.9. The lowest BCUT2D eigenvalue weighted by molar-refractivity contribution is -0.122. The van der Waals surface area contributed by atoms with E-state index in [0.29, 0.717) is 11.6 Å². The fraction of sp³-hybridized carbons (Fsp3) is 0.462. The first kappa shape index (κ1) is 23.8. The summed E-state index contributed by atoms with van der Waals surface area (Å²) in [6, 6.07) is 16.1. The van der Waals surface area contributed by atoms with Crippen molar-refractivity contribution in [2.75, 3.05) is 25.9 Å². The largest absolute Gasteiger partial charge is 0.385 e. The van der Waals surface area contributed by atoms with Gasteiger partial charge in [0, 0.05) is 29.6 Å². The second-order valence-electron chi connectivity index (χ2n) is 9.27. The fourth-order valence-corrected chi connectivity index (χ4v) is 5.34. The number of carbonyl (C=O) groups excluding carboxylic acids is 2. The number of nitrogens with one attached hydrogen (secondary N) is 2. The van der Waals surface area contributed by atoms with E-state index in [0.717, 1.165) is 49.9 Å². The van der Waals surface area contributed by atoms with Crippen LogP contribution in [-0.4, -0.2) is 59.8 Å². The summed E-state index contributed by atoms with van der Waals surface area (Å²) in [6.45, 7) is 3.56. The monoisotopic (exact) mass is 467 g/mol. The van der Waals surface area contributed by atoms with Crippen molar-refractivity contribution in [2.45, 2.75) is 55.2 Å². The van der Waals surface area contributed by atoms with E-state index in [9.17, 15) is 14.7 Å². The molecule has 176 valence electrons. The fourth-order valence-electron chi connectivity index (χ4n) is 4.88. The van der Waals surface area contributed by atoms with Crippen molar-refractivity contribution < 1.29 is 14.7 Å². The highest BCUT2D eigenvalue weighted by molar-refractivity contribution is 7.98. The van der Waals surface area contributed by atoms with Crippen LogP contribution in [0, 0.1) is 6.92 Å². The number of hydrogen-bond acceptors (Lipinski definition) is 5. The van der Waals surface area contributed by atoms with Gasteiger partial charge >= 0.3 is 0 Å². The number of aryl methyl sites for hydroxylation is 1. The SMILES string of the molecule is CSc1cccc(C2(O)CCC(N3CC(NC(=O)CNC(=O)c4cccc(C)c4)C3)CC2)c1. The third-order valence-electron chi connectivity index (χ3n) is 6.87. The zero-order valence-corrected chi connectivity index (χ0v) is 20.2. The quantitative estimate of drug-likeness (QED) is 0.545. The Hall–Kier alpha value is -2.35. The number of hydrogen-bond donors (Lipinski definition) is 3. The summed E-state index contributed by atoms with van der Waals surface area (Å²) < 4.78 is 0. The molecule has 2 aliphatic rings. The van der Waals surface area contributed by atoms with Gasteiger partial charge in [-0.25, -0.2) is 0 Å². The first-order valence-electron chi connectivity index (χ1n) is 11.6. The van der Waals surface area contributed by atoms with E-state index in [-0.39, 0.29) is 24.4 Å². The molecule has 0 unspecified atom stereocenters. The third-order valence-corrected chi connectivity index (χ3v) is 7.60. The van der Waals surface area contributed by atoms with Crippen molar-refractivity contribution >= 4 is 23.6 Å². The van der Waals surface area contributed by atoms with Gasteiger partial charge < -0.3 is 15.7 Å². The van der Waals surface area contributed by atoms with Gasteiger partial charge in [0.15, 0.2) is 0 Å². The van der Waals surface area contributed by atoms with E-state index in [1.54, 1.807) is 17.8 Å². The van der Waals surface area contributed by atoms with Crippen LogP contribution in [0.1, 0.15) is 47.2 Å². The van der Waals surface area contributed by atoms with Crippen LogP contribution in [0.5, 0.6) is 0 Å². The molecule has 1 saturated carbocycles. The lowest BCUT2D eigenvalue weighted by atomic mass is 9.76. The summed E-state index contributed by atoms with van der Waals surface area (Å²) in [5.41, 5.74) is 1.86. The molecule has 4 rings (SSSR count). The van der Waals surface area contributed by atoms with E-state index in [1.807, 2.05) is 37.3 Å². The zero-order valence-electron chi connectivity index (χ0n) is 19.3. The molecule has 3 N–H and O–H groups in total. The molecule has 33 heavy (non-hydrogen) atoms. The molecular weight excluding hydrogens is 434 g/mol. The maximum atomic E-state index is 12.2. The molecule has 2 aromatic rings. The maximum Gasteiger partial charge on any atom is 0.251 e. The minimum atomic E-state index is -0.740. The Kier molecular flexibility index (Phi) is 7.41. The number of thioether (sulfide) groups is 1. The van der Waals surface area contributed by atoms with Crippen LogP contribution in [0.15, 0.2) is 53.4 Å². The predicted octanol–water partition coefficient (Wildman–Crippen LogP) is 3.08. The van der Waals surface area contributed by atoms with Gasteiger partial charge in [0.05, 0.1) is 18.2 Å². The molecule has 1 aliphatic carbocycles. The molecule has 1 heterocycles. The molecule has 6 nitrogen and oxygen atoms in total. The lowest BCUT2D eigenvalue weighted by Gasteiger charge is -2.48. The molecule has 0 bridgehead atoms. The second kappa shape index (κ2) is 10.3. The average molecular weight is 468 g/mol. The van der Waals surface area contributed by atoms with E-state index in [1.165, 1.54) is 4.90 Å². The third kappa shape index (κ3) is 5.78. The van der Waals surface area contributed by atoms with Gasteiger partial charge in [0.2, 0.25) is 5.91 Å². The van der Waals surface area contributed by atoms with Crippen molar-refractivity contribution in [3.63, 3.8) is 0 Å². The Morgan fingerprint density at radius 2 is 1.85 bits per heavy atom. The predicted molar refractivity (Wildman–Crippen MR) is 131 cm³/mol. The highest BCUT2D eigenvalue weighted by Gasteiger charge is 2.40. The van der Waals surface area contributed by atoms with Crippen LogP contribution in [0.4, 0.5) is 0 Å². The smallest absolute Gasteiger partial charge is 0.251 e. The average Bonchev–Trinajstić information content (AvgIpc) is 2.80. The van der Waals surface area contributed by atoms with Crippen LogP contribution in [0.2, 0.25) is 0 Å². The van der Waals surface area contributed by atoms with Gasteiger partial charge in [0.1, 0.15) is 0 Å². The molecule has 0 radical (unpaired) electrons. The highest BCUT2D eigenvalue weighted by atomic mass is 32.2. The molecule has 2 fully saturated rings. The summed E-state index contributed by atoms with van der Waals surface area (Å²) in [6.07, 6.45) is 5.47. The molecule has 0 atom stereocenters.